The molecule has 1 saturated carbocycles. The first-order valence-corrected chi connectivity index (χ1v) is 7.02. The van der Waals surface area contributed by atoms with Crippen molar-refractivity contribution >= 4 is 5.91 Å². The first-order chi connectivity index (χ1) is 9.33. The Balaban J connectivity index is 1.58. The van der Waals surface area contributed by atoms with E-state index in [0.29, 0.717) is 26.3 Å². The number of nitrogens with zero attached hydrogens (tertiary/aromatic N) is 1. The van der Waals surface area contributed by atoms with E-state index in [2.05, 4.69) is 5.32 Å². The molecule has 4 heteroatoms. The zero-order chi connectivity index (χ0) is 13.1. The van der Waals surface area contributed by atoms with Crippen molar-refractivity contribution in [1.82, 2.24) is 10.2 Å². The second-order valence-electron chi connectivity index (χ2n) is 5.26. The van der Waals surface area contributed by atoms with Gasteiger partial charge in [-0.1, -0.05) is 12.1 Å². The quantitative estimate of drug-likeness (QED) is 0.890. The summed E-state index contributed by atoms with van der Waals surface area (Å²) in [6.45, 7) is 3.59. The van der Waals surface area contributed by atoms with E-state index in [-0.39, 0.29) is 5.91 Å². The molecule has 1 aromatic carbocycles. The summed E-state index contributed by atoms with van der Waals surface area (Å²) in [5.41, 5.74) is 2.02. The maximum absolute atomic E-state index is 12.2. The van der Waals surface area contributed by atoms with E-state index in [0.717, 1.165) is 18.2 Å². The largest absolute Gasteiger partial charge is 0.378 e. The van der Waals surface area contributed by atoms with Gasteiger partial charge in [0.25, 0.3) is 5.91 Å². The number of nitrogens with one attached hydrogen (secondary N) is 1. The lowest BCUT2D eigenvalue weighted by molar-refractivity contribution is 0.0303. The monoisotopic (exact) mass is 260 g/mol. The topological polar surface area (TPSA) is 41.6 Å². The van der Waals surface area contributed by atoms with Crippen LogP contribution in [0.2, 0.25) is 0 Å². The first kappa shape index (κ1) is 12.6. The summed E-state index contributed by atoms with van der Waals surface area (Å²) in [7, 11) is 0. The summed E-state index contributed by atoms with van der Waals surface area (Å²) in [6, 6.07) is 8.67. The van der Waals surface area contributed by atoms with Crippen LogP contribution in [0.25, 0.3) is 0 Å². The molecular formula is C15H20N2O2. The maximum atomic E-state index is 12.2. The van der Waals surface area contributed by atoms with Crippen LogP contribution in [0.1, 0.15) is 28.8 Å². The van der Waals surface area contributed by atoms with Gasteiger partial charge in [-0.15, -0.1) is 0 Å². The molecule has 0 atom stereocenters. The highest BCUT2D eigenvalue weighted by molar-refractivity contribution is 5.94. The Hall–Kier alpha value is -1.39. The summed E-state index contributed by atoms with van der Waals surface area (Å²) in [6.07, 6.45) is 2.60. The van der Waals surface area contributed by atoms with Crippen LogP contribution < -0.4 is 5.32 Å². The van der Waals surface area contributed by atoms with E-state index in [1.54, 1.807) is 0 Å². The molecule has 1 heterocycles. The lowest BCUT2D eigenvalue weighted by Gasteiger charge is -2.26. The zero-order valence-corrected chi connectivity index (χ0v) is 11.1. The average molecular weight is 260 g/mol. The lowest BCUT2D eigenvalue weighted by Crippen LogP contribution is -2.40. The number of carbonyl (C=O) groups excluding carboxylic acids is 1. The van der Waals surface area contributed by atoms with E-state index in [9.17, 15) is 4.79 Å². The third-order valence-electron chi connectivity index (χ3n) is 3.67. The molecule has 1 aliphatic carbocycles. The van der Waals surface area contributed by atoms with Crippen LogP contribution in [0, 0.1) is 0 Å². The van der Waals surface area contributed by atoms with Crippen LogP contribution in [0.15, 0.2) is 24.3 Å². The number of hydrogen-bond acceptors (Lipinski definition) is 3. The smallest absolute Gasteiger partial charge is 0.254 e. The Morgan fingerprint density at radius 3 is 2.53 bits per heavy atom. The van der Waals surface area contributed by atoms with Gasteiger partial charge in [-0.25, -0.2) is 0 Å². The van der Waals surface area contributed by atoms with Crippen LogP contribution in [0.4, 0.5) is 0 Å². The highest BCUT2D eigenvalue weighted by Crippen LogP contribution is 2.19. The SMILES string of the molecule is O=C(c1ccc(CNC2CC2)cc1)N1CCOCC1. The fourth-order valence-corrected chi connectivity index (χ4v) is 2.26. The second-order valence-corrected chi connectivity index (χ2v) is 5.26. The Morgan fingerprint density at radius 1 is 1.21 bits per heavy atom. The molecule has 3 rings (SSSR count). The molecule has 0 radical (unpaired) electrons. The van der Waals surface area contributed by atoms with Gasteiger partial charge in [-0.3, -0.25) is 4.79 Å². The lowest BCUT2D eigenvalue weighted by atomic mass is 10.1. The van der Waals surface area contributed by atoms with Crippen LogP contribution in [-0.4, -0.2) is 43.2 Å². The van der Waals surface area contributed by atoms with E-state index in [1.165, 1.54) is 18.4 Å². The molecule has 1 N–H and O–H groups in total. The molecule has 1 saturated heterocycles. The minimum absolute atomic E-state index is 0.116. The molecule has 1 amide bonds. The molecule has 1 aromatic rings. The Labute approximate surface area is 113 Å². The van der Waals surface area contributed by atoms with Crippen molar-refractivity contribution in [3.05, 3.63) is 35.4 Å². The number of morpholine rings is 1. The average Bonchev–Trinajstić information content (AvgIpc) is 3.30. The van der Waals surface area contributed by atoms with Gasteiger partial charge in [0.2, 0.25) is 0 Å². The van der Waals surface area contributed by atoms with Gasteiger partial charge < -0.3 is 15.0 Å². The molecule has 0 unspecified atom stereocenters. The van der Waals surface area contributed by atoms with Crippen molar-refractivity contribution in [3.63, 3.8) is 0 Å². The number of rotatable bonds is 4. The summed E-state index contributed by atoms with van der Waals surface area (Å²) in [5.74, 6) is 0.116. The molecule has 102 valence electrons. The standard InChI is InChI=1S/C15H20N2O2/c18-15(17-7-9-19-10-8-17)13-3-1-12(2-4-13)11-16-14-5-6-14/h1-4,14,16H,5-11H2. The Kier molecular flexibility index (Phi) is 3.80. The highest BCUT2D eigenvalue weighted by Gasteiger charge is 2.20. The summed E-state index contributed by atoms with van der Waals surface area (Å²) in [4.78, 5) is 14.1. The number of carbonyl (C=O) groups is 1. The minimum atomic E-state index is 0.116. The van der Waals surface area contributed by atoms with Gasteiger partial charge in [0.15, 0.2) is 0 Å². The number of hydrogen-bond donors (Lipinski definition) is 1. The van der Waals surface area contributed by atoms with Gasteiger partial charge in [0.05, 0.1) is 13.2 Å². The van der Waals surface area contributed by atoms with E-state index < -0.39 is 0 Å². The minimum Gasteiger partial charge on any atom is -0.378 e. The molecule has 0 spiro atoms. The van der Waals surface area contributed by atoms with Crippen molar-refractivity contribution in [2.45, 2.75) is 25.4 Å². The van der Waals surface area contributed by atoms with Gasteiger partial charge >= 0.3 is 0 Å². The van der Waals surface area contributed by atoms with Crippen molar-refractivity contribution in [1.29, 1.82) is 0 Å². The predicted molar refractivity (Wildman–Crippen MR) is 73.0 cm³/mol. The van der Waals surface area contributed by atoms with Crippen LogP contribution in [0.5, 0.6) is 0 Å². The highest BCUT2D eigenvalue weighted by atomic mass is 16.5. The van der Waals surface area contributed by atoms with E-state index in [1.807, 2.05) is 29.2 Å². The van der Waals surface area contributed by atoms with Crippen LogP contribution >= 0.6 is 0 Å². The third kappa shape index (κ3) is 3.33. The molecule has 4 nitrogen and oxygen atoms in total. The molecule has 2 aliphatic rings. The molecule has 0 aromatic heterocycles. The molecule has 1 aliphatic heterocycles. The van der Waals surface area contributed by atoms with Crippen molar-refractivity contribution < 1.29 is 9.53 Å². The molecular weight excluding hydrogens is 240 g/mol. The van der Waals surface area contributed by atoms with Crippen molar-refractivity contribution in [3.8, 4) is 0 Å². The third-order valence-corrected chi connectivity index (χ3v) is 3.67. The van der Waals surface area contributed by atoms with Gasteiger partial charge in [-0.2, -0.15) is 0 Å². The Bertz CT molecular complexity index is 434. The normalized spacial score (nSPS) is 19.5. The van der Waals surface area contributed by atoms with E-state index in [4.69, 9.17) is 4.74 Å². The summed E-state index contributed by atoms with van der Waals surface area (Å²) in [5, 5.41) is 3.47. The summed E-state index contributed by atoms with van der Waals surface area (Å²) >= 11 is 0. The van der Waals surface area contributed by atoms with E-state index >= 15 is 0 Å². The predicted octanol–water partition coefficient (Wildman–Crippen LogP) is 1.41. The Morgan fingerprint density at radius 2 is 1.89 bits per heavy atom. The van der Waals surface area contributed by atoms with Crippen molar-refractivity contribution in [2.24, 2.45) is 0 Å². The molecule has 2 fully saturated rings. The van der Waals surface area contributed by atoms with Crippen LogP contribution in [0.3, 0.4) is 0 Å². The van der Waals surface area contributed by atoms with Crippen molar-refractivity contribution in [2.75, 3.05) is 26.3 Å². The first-order valence-electron chi connectivity index (χ1n) is 7.02. The van der Waals surface area contributed by atoms with Gasteiger partial charge in [-0.05, 0) is 30.5 Å². The number of benzene rings is 1. The van der Waals surface area contributed by atoms with Gasteiger partial charge in [0, 0.05) is 31.2 Å². The van der Waals surface area contributed by atoms with Gasteiger partial charge in [0.1, 0.15) is 0 Å². The zero-order valence-electron chi connectivity index (χ0n) is 11.1. The second kappa shape index (κ2) is 5.72. The molecule has 0 bridgehead atoms. The summed E-state index contributed by atoms with van der Waals surface area (Å²) < 4.78 is 5.26. The maximum Gasteiger partial charge on any atom is 0.254 e. The van der Waals surface area contributed by atoms with Crippen LogP contribution in [-0.2, 0) is 11.3 Å². The number of amides is 1. The molecule has 19 heavy (non-hydrogen) atoms. The fourth-order valence-electron chi connectivity index (χ4n) is 2.26. The number of ether oxygens (including phenoxy) is 1. The fraction of sp³-hybridized carbons (Fsp3) is 0.533.